The summed E-state index contributed by atoms with van der Waals surface area (Å²) in [5, 5.41) is 0. The van der Waals surface area contributed by atoms with E-state index in [4.69, 9.17) is 0 Å². The van der Waals surface area contributed by atoms with E-state index < -0.39 is 0 Å². The van der Waals surface area contributed by atoms with Crippen LogP contribution in [-0.2, 0) is 4.79 Å². The zero-order chi connectivity index (χ0) is 8.31. The van der Waals surface area contributed by atoms with Gasteiger partial charge in [-0.2, -0.15) is 0 Å². The summed E-state index contributed by atoms with van der Waals surface area (Å²) < 4.78 is 1.47. The van der Waals surface area contributed by atoms with Crippen LogP contribution in [0.25, 0.3) is 0 Å². The molecule has 0 aromatic carbocycles. The average molecular weight is 207 g/mol. The molecule has 0 saturated heterocycles. The van der Waals surface area contributed by atoms with E-state index in [2.05, 4.69) is 23.1 Å². The minimum atomic E-state index is -0.0186. The summed E-state index contributed by atoms with van der Waals surface area (Å²) in [6.07, 6.45) is 0. The Morgan fingerprint density at radius 1 is 1.50 bits per heavy atom. The molecule has 0 bridgehead atoms. The van der Waals surface area contributed by atoms with Crippen LogP contribution in [0.15, 0.2) is 0 Å². The van der Waals surface area contributed by atoms with Gasteiger partial charge in [0.05, 0.1) is 16.1 Å². The van der Waals surface area contributed by atoms with Crippen molar-refractivity contribution in [2.24, 2.45) is 5.92 Å². The van der Waals surface area contributed by atoms with Crippen LogP contribution in [0.4, 0.5) is 0 Å². The second-order valence-corrected chi connectivity index (χ2v) is 3.42. The first-order chi connectivity index (χ1) is 4.46. The summed E-state index contributed by atoms with van der Waals surface area (Å²) in [5.74, 6) is 0.103. The van der Waals surface area contributed by atoms with Gasteiger partial charge >= 0.3 is 0 Å². The van der Waals surface area contributed by atoms with Gasteiger partial charge < -0.3 is 0 Å². The van der Waals surface area contributed by atoms with Gasteiger partial charge in [-0.15, -0.1) is 0 Å². The smallest absolute Gasteiger partial charge is 0.235 e. The van der Waals surface area contributed by atoms with E-state index in [1.165, 1.54) is 3.93 Å². The Morgan fingerprint density at radius 3 is 2.00 bits per heavy atom. The lowest BCUT2D eigenvalue weighted by Gasteiger charge is -2.20. The third kappa shape index (κ3) is 2.69. The number of rotatable bonds is 2. The van der Waals surface area contributed by atoms with E-state index in [-0.39, 0.29) is 17.9 Å². The van der Waals surface area contributed by atoms with E-state index in [1.54, 1.807) is 0 Å². The molecule has 1 atom stereocenters. The van der Waals surface area contributed by atoms with Gasteiger partial charge in [-0.3, -0.25) is 8.72 Å². The van der Waals surface area contributed by atoms with Crippen molar-refractivity contribution in [2.45, 2.75) is 26.8 Å². The molecule has 1 radical (unpaired) electrons. The van der Waals surface area contributed by atoms with Crippen molar-refractivity contribution < 1.29 is 4.79 Å². The fraction of sp³-hybridized carbons (Fsp3) is 0.714. The van der Waals surface area contributed by atoms with Crippen molar-refractivity contribution in [1.82, 2.24) is 3.93 Å². The summed E-state index contributed by atoms with van der Waals surface area (Å²) in [6.45, 7) is 9.28. The number of hydrogen-bond acceptors (Lipinski definition) is 1. The summed E-state index contributed by atoms with van der Waals surface area (Å²) in [5.41, 5.74) is 0. The molecule has 10 heavy (non-hydrogen) atoms. The van der Waals surface area contributed by atoms with Crippen molar-refractivity contribution in [1.29, 1.82) is 0 Å². The normalized spacial score (nSPS) is 10.7. The number of amides is 1. The van der Waals surface area contributed by atoms with Crippen LogP contribution >= 0.6 is 16.1 Å². The minimum absolute atomic E-state index is 0.0186. The molecular weight excluding hydrogens is 194 g/mol. The SMILES string of the molecule is [CH2]C(C)N(Br)C(=O)C(C)C. The van der Waals surface area contributed by atoms with Crippen LogP contribution in [0.1, 0.15) is 20.8 Å². The van der Waals surface area contributed by atoms with Crippen LogP contribution in [-0.4, -0.2) is 15.9 Å². The Labute approximate surface area is 70.9 Å². The molecule has 0 aromatic heterocycles. The van der Waals surface area contributed by atoms with Crippen molar-refractivity contribution in [3.8, 4) is 0 Å². The molecular formula is C7H13BrNO. The highest BCUT2D eigenvalue weighted by Gasteiger charge is 2.16. The lowest BCUT2D eigenvalue weighted by molar-refractivity contribution is -0.129. The Balaban J connectivity index is 3.95. The third-order valence-electron chi connectivity index (χ3n) is 1.09. The number of carbonyl (C=O) groups excluding carboxylic acids is 1. The predicted octanol–water partition coefficient (Wildman–Crippen LogP) is 2.00. The molecule has 0 heterocycles. The van der Waals surface area contributed by atoms with Crippen LogP contribution < -0.4 is 0 Å². The van der Waals surface area contributed by atoms with E-state index in [0.717, 1.165) is 0 Å². The van der Waals surface area contributed by atoms with E-state index in [1.807, 2.05) is 20.8 Å². The molecule has 1 unspecified atom stereocenters. The third-order valence-corrected chi connectivity index (χ3v) is 2.14. The van der Waals surface area contributed by atoms with Gasteiger partial charge in [-0.25, -0.2) is 0 Å². The number of hydrogen-bond donors (Lipinski definition) is 0. The quantitative estimate of drug-likeness (QED) is 0.634. The lowest BCUT2D eigenvalue weighted by atomic mass is 10.2. The Bertz CT molecular complexity index is 123. The van der Waals surface area contributed by atoms with Gasteiger partial charge in [0.1, 0.15) is 0 Å². The second kappa shape index (κ2) is 3.96. The first-order valence-electron chi connectivity index (χ1n) is 3.28. The standard InChI is InChI=1S/C7H13BrNO/c1-5(2)7(10)9(8)6(3)4/h5-6H,3H2,1-2,4H3. The Kier molecular flexibility index (Phi) is 3.94. The molecule has 0 saturated carbocycles. The topological polar surface area (TPSA) is 20.3 Å². The molecule has 1 amide bonds. The molecule has 0 aromatic rings. The zero-order valence-electron chi connectivity index (χ0n) is 6.60. The predicted molar refractivity (Wildman–Crippen MR) is 45.4 cm³/mol. The summed E-state index contributed by atoms with van der Waals surface area (Å²) >= 11 is 3.13. The maximum absolute atomic E-state index is 11.1. The second-order valence-electron chi connectivity index (χ2n) is 2.65. The first kappa shape index (κ1) is 9.95. The highest BCUT2D eigenvalue weighted by Crippen LogP contribution is 2.10. The van der Waals surface area contributed by atoms with Crippen molar-refractivity contribution >= 4 is 22.1 Å². The van der Waals surface area contributed by atoms with Gasteiger partial charge in [0.25, 0.3) is 0 Å². The van der Waals surface area contributed by atoms with Gasteiger partial charge in [0, 0.05) is 12.0 Å². The highest BCUT2D eigenvalue weighted by atomic mass is 79.9. The molecule has 0 aliphatic rings. The molecule has 0 aliphatic heterocycles. The molecule has 0 aliphatic carbocycles. The van der Waals surface area contributed by atoms with Crippen LogP contribution in [0.5, 0.6) is 0 Å². The molecule has 59 valence electrons. The summed E-state index contributed by atoms with van der Waals surface area (Å²) in [4.78, 5) is 11.1. The Hall–Kier alpha value is -0.0500. The van der Waals surface area contributed by atoms with E-state index in [9.17, 15) is 4.79 Å². The maximum Gasteiger partial charge on any atom is 0.235 e. The minimum Gasteiger partial charge on any atom is -0.276 e. The average Bonchev–Trinajstić information content (AvgIpc) is 1.84. The van der Waals surface area contributed by atoms with E-state index >= 15 is 0 Å². The van der Waals surface area contributed by atoms with Crippen molar-refractivity contribution in [3.05, 3.63) is 6.92 Å². The van der Waals surface area contributed by atoms with Gasteiger partial charge in [0.15, 0.2) is 0 Å². The molecule has 0 N–H and O–H groups in total. The lowest BCUT2D eigenvalue weighted by Crippen LogP contribution is -2.31. The van der Waals surface area contributed by atoms with Crippen LogP contribution in [0.3, 0.4) is 0 Å². The fourth-order valence-corrected chi connectivity index (χ4v) is 0.873. The summed E-state index contributed by atoms with van der Waals surface area (Å²) in [7, 11) is 0. The molecule has 0 spiro atoms. The number of nitrogens with zero attached hydrogens (tertiary/aromatic N) is 1. The highest BCUT2D eigenvalue weighted by molar-refractivity contribution is 9.07. The van der Waals surface area contributed by atoms with Gasteiger partial charge in [-0.05, 0) is 13.8 Å². The van der Waals surface area contributed by atoms with Crippen molar-refractivity contribution in [2.75, 3.05) is 0 Å². The molecule has 0 fully saturated rings. The zero-order valence-corrected chi connectivity index (χ0v) is 8.18. The number of carbonyl (C=O) groups is 1. The van der Waals surface area contributed by atoms with Crippen LogP contribution in [0.2, 0.25) is 0 Å². The fourth-order valence-electron chi connectivity index (χ4n) is 0.464. The van der Waals surface area contributed by atoms with Crippen LogP contribution in [0, 0.1) is 12.8 Å². The molecule has 2 nitrogen and oxygen atoms in total. The Morgan fingerprint density at radius 2 is 1.90 bits per heavy atom. The molecule has 3 heteroatoms. The van der Waals surface area contributed by atoms with E-state index in [0.29, 0.717) is 0 Å². The van der Waals surface area contributed by atoms with Crippen molar-refractivity contribution in [3.63, 3.8) is 0 Å². The largest absolute Gasteiger partial charge is 0.276 e. The van der Waals surface area contributed by atoms with Gasteiger partial charge in [-0.1, -0.05) is 13.8 Å². The van der Waals surface area contributed by atoms with Gasteiger partial charge in [0.2, 0.25) is 5.91 Å². The first-order valence-corrected chi connectivity index (χ1v) is 3.99. The molecule has 0 rings (SSSR count). The monoisotopic (exact) mass is 206 g/mol. The summed E-state index contributed by atoms with van der Waals surface area (Å²) in [6, 6.07) is -0.0186. The number of halogens is 1. The maximum atomic E-state index is 11.1.